The number of nitrogens with one attached hydrogen (secondary N) is 1. The van der Waals surface area contributed by atoms with Crippen LogP contribution >= 0.6 is 11.3 Å². The van der Waals surface area contributed by atoms with E-state index < -0.39 is 5.97 Å². The van der Waals surface area contributed by atoms with Gasteiger partial charge in [0, 0.05) is 29.4 Å². The molecule has 0 unspecified atom stereocenters. The molecular weight excluding hydrogens is 300 g/mol. The van der Waals surface area contributed by atoms with Crippen LogP contribution in [0.25, 0.3) is 21.6 Å². The molecule has 0 fully saturated rings. The van der Waals surface area contributed by atoms with Crippen molar-refractivity contribution in [2.75, 3.05) is 11.9 Å². The number of hydrogen-bond acceptors (Lipinski definition) is 6. The van der Waals surface area contributed by atoms with Gasteiger partial charge in [0.15, 0.2) is 5.82 Å². The minimum Gasteiger partial charge on any atom is -0.481 e. The van der Waals surface area contributed by atoms with E-state index in [0.29, 0.717) is 18.2 Å². The number of thiophene rings is 1. The van der Waals surface area contributed by atoms with Gasteiger partial charge in [-0.05, 0) is 25.1 Å². The summed E-state index contributed by atoms with van der Waals surface area (Å²) in [4.78, 5) is 25.9. The van der Waals surface area contributed by atoms with Crippen LogP contribution in [-0.4, -0.2) is 32.6 Å². The third kappa shape index (κ3) is 3.04. The maximum Gasteiger partial charge on any atom is 0.305 e. The lowest BCUT2D eigenvalue weighted by Gasteiger charge is -2.07. The van der Waals surface area contributed by atoms with Crippen molar-refractivity contribution in [2.45, 2.75) is 13.3 Å². The molecule has 3 rings (SSSR count). The molecule has 7 heteroatoms. The zero-order valence-corrected chi connectivity index (χ0v) is 12.7. The average Bonchev–Trinajstić information content (AvgIpc) is 2.88. The third-order valence-electron chi connectivity index (χ3n) is 3.07. The van der Waals surface area contributed by atoms with E-state index in [0.717, 1.165) is 20.7 Å². The molecule has 3 aromatic heterocycles. The fraction of sp³-hybridized carbons (Fsp3) is 0.200. The first-order chi connectivity index (χ1) is 10.6. The van der Waals surface area contributed by atoms with Crippen LogP contribution in [0.3, 0.4) is 0 Å². The third-order valence-corrected chi connectivity index (χ3v) is 4.01. The van der Waals surface area contributed by atoms with Gasteiger partial charge in [0.05, 0.1) is 11.8 Å². The smallest absolute Gasteiger partial charge is 0.305 e. The Labute approximate surface area is 130 Å². The van der Waals surface area contributed by atoms with Gasteiger partial charge in [-0.25, -0.2) is 9.97 Å². The number of anilines is 1. The largest absolute Gasteiger partial charge is 0.481 e. The van der Waals surface area contributed by atoms with Gasteiger partial charge in [-0.15, -0.1) is 11.3 Å². The van der Waals surface area contributed by atoms with Crippen molar-refractivity contribution in [3.8, 4) is 11.4 Å². The summed E-state index contributed by atoms with van der Waals surface area (Å²) in [5, 5.41) is 12.8. The number of carboxylic acids is 1. The number of aliphatic carboxylic acids is 1. The van der Waals surface area contributed by atoms with Gasteiger partial charge >= 0.3 is 5.97 Å². The van der Waals surface area contributed by atoms with Gasteiger partial charge in [-0.2, -0.15) is 0 Å². The van der Waals surface area contributed by atoms with E-state index in [-0.39, 0.29) is 6.42 Å². The molecule has 0 bridgehead atoms. The second-order valence-electron chi connectivity index (χ2n) is 4.78. The van der Waals surface area contributed by atoms with E-state index in [1.54, 1.807) is 23.7 Å². The second-order valence-corrected chi connectivity index (χ2v) is 6.02. The lowest BCUT2D eigenvalue weighted by atomic mass is 10.2. The molecule has 0 radical (unpaired) electrons. The van der Waals surface area contributed by atoms with Crippen LogP contribution < -0.4 is 5.32 Å². The number of pyridine rings is 1. The number of aryl methyl sites for hydroxylation is 1. The molecular formula is C15H14N4O2S. The van der Waals surface area contributed by atoms with E-state index in [9.17, 15) is 4.79 Å². The van der Waals surface area contributed by atoms with Crippen LogP contribution in [0, 0.1) is 6.92 Å². The zero-order valence-electron chi connectivity index (χ0n) is 11.9. The molecule has 6 nitrogen and oxygen atoms in total. The quantitative estimate of drug-likeness (QED) is 0.753. The normalized spacial score (nSPS) is 10.8. The van der Waals surface area contributed by atoms with Crippen molar-refractivity contribution in [3.63, 3.8) is 0 Å². The molecule has 0 aliphatic rings. The van der Waals surface area contributed by atoms with Crippen molar-refractivity contribution >= 4 is 33.3 Å². The molecule has 0 aliphatic carbocycles. The van der Waals surface area contributed by atoms with Crippen LogP contribution in [-0.2, 0) is 4.79 Å². The molecule has 0 aliphatic heterocycles. The second kappa shape index (κ2) is 6.07. The monoisotopic (exact) mass is 314 g/mol. The minimum atomic E-state index is -0.841. The van der Waals surface area contributed by atoms with Crippen molar-refractivity contribution < 1.29 is 9.90 Å². The fourth-order valence-corrected chi connectivity index (χ4v) is 2.97. The minimum absolute atomic E-state index is 0.0385. The summed E-state index contributed by atoms with van der Waals surface area (Å²) in [6.07, 6.45) is 3.45. The lowest BCUT2D eigenvalue weighted by molar-refractivity contribution is -0.136. The summed E-state index contributed by atoms with van der Waals surface area (Å²) >= 11 is 1.59. The highest BCUT2D eigenvalue weighted by Gasteiger charge is 2.12. The highest BCUT2D eigenvalue weighted by atomic mass is 32.1. The summed E-state index contributed by atoms with van der Waals surface area (Å²) < 4.78 is 0. The molecule has 22 heavy (non-hydrogen) atoms. The zero-order chi connectivity index (χ0) is 15.5. The van der Waals surface area contributed by atoms with Gasteiger partial charge in [-0.1, -0.05) is 0 Å². The molecule has 0 saturated heterocycles. The van der Waals surface area contributed by atoms with Crippen LogP contribution in [0.15, 0.2) is 30.6 Å². The first kappa shape index (κ1) is 14.4. The van der Waals surface area contributed by atoms with Crippen molar-refractivity contribution in [1.82, 2.24) is 15.0 Å². The highest BCUT2D eigenvalue weighted by Crippen LogP contribution is 2.30. The first-order valence-electron chi connectivity index (χ1n) is 6.78. The SMILES string of the molecule is Cc1cc2c(NCCC(=O)O)nc(-c3cccnc3)nc2s1. The molecule has 0 saturated carbocycles. The van der Waals surface area contributed by atoms with Gasteiger partial charge in [0.25, 0.3) is 0 Å². The van der Waals surface area contributed by atoms with Crippen LogP contribution in [0.5, 0.6) is 0 Å². The molecule has 0 atom stereocenters. The Bertz CT molecular complexity index is 817. The predicted molar refractivity (Wildman–Crippen MR) is 86.1 cm³/mol. The summed E-state index contributed by atoms with van der Waals surface area (Å²) in [7, 11) is 0. The molecule has 112 valence electrons. The number of nitrogens with zero attached hydrogens (tertiary/aromatic N) is 3. The standard InChI is InChI=1S/C15H14N4O2S/c1-9-7-11-14(17-6-4-12(20)21)18-13(19-15(11)22-9)10-3-2-5-16-8-10/h2-3,5,7-8H,4,6H2,1H3,(H,20,21)(H,17,18,19). The van der Waals surface area contributed by atoms with E-state index in [4.69, 9.17) is 5.11 Å². The number of fused-ring (bicyclic) bond motifs is 1. The Morgan fingerprint density at radius 1 is 1.41 bits per heavy atom. The molecule has 2 N–H and O–H groups in total. The molecule has 3 aromatic rings. The average molecular weight is 314 g/mol. The topological polar surface area (TPSA) is 88.0 Å². The van der Waals surface area contributed by atoms with E-state index in [1.807, 2.05) is 25.1 Å². The number of carbonyl (C=O) groups is 1. The maximum atomic E-state index is 10.7. The summed E-state index contributed by atoms with van der Waals surface area (Å²) in [6.45, 7) is 2.33. The molecule has 0 amide bonds. The summed E-state index contributed by atoms with van der Waals surface area (Å²) in [5.41, 5.74) is 0.830. The van der Waals surface area contributed by atoms with Crippen LogP contribution in [0.1, 0.15) is 11.3 Å². The van der Waals surface area contributed by atoms with Crippen molar-refractivity contribution in [3.05, 3.63) is 35.5 Å². The number of rotatable bonds is 5. The van der Waals surface area contributed by atoms with E-state index in [2.05, 4.69) is 20.3 Å². The van der Waals surface area contributed by atoms with Crippen molar-refractivity contribution in [2.24, 2.45) is 0 Å². The molecule has 3 heterocycles. The Kier molecular flexibility index (Phi) is 3.97. The highest BCUT2D eigenvalue weighted by molar-refractivity contribution is 7.18. The van der Waals surface area contributed by atoms with E-state index >= 15 is 0 Å². The number of carboxylic acid groups (broad SMARTS) is 1. The Morgan fingerprint density at radius 2 is 2.27 bits per heavy atom. The fourth-order valence-electron chi connectivity index (χ4n) is 2.09. The lowest BCUT2D eigenvalue weighted by Crippen LogP contribution is -2.09. The Hall–Kier alpha value is -2.54. The van der Waals surface area contributed by atoms with Gasteiger partial charge < -0.3 is 10.4 Å². The van der Waals surface area contributed by atoms with Crippen LogP contribution in [0.4, 0.5) is 5.82 Å². The number of hydrogen-bond donors (Lipinski definition) is 2. The predicted octanol–water partition coefficient (Wildman–Crippen LogP) is 2.95. The van der Waals surface area contributed by atoms with Gasteiger partial charge in [-0.3, -0.25) is 9.78 Å². The summed E-state index contributed by atoms with van der Waals surface area (Å²) in [6, 6.07) is 5.74. The first-order valence-corrected chi connectivity index (χ1v) is 7.59. The number of aromatic nitrogens is 3. The Morgan fingerprint density at radius 3 is 3.00 bits per heavy atom. The van der Waals surface area contributed by atoms with Crippen molar-refractivity contribution in [1.29, 1.82) is 0 Å². The molecule has 0 spiro atoms. The van der Waals surface area contributed by atoms with Gasteiger partial charge in [0.2, 0.25) is 0 Å². The van der Waals surface area contributed by atoms with E-state index in [1.165, 1.54) is 0 Å². The van der Waals surface area contributed by atoms with Gasteiger partial charge in [0.1, 0.15) is 10.6 Å². The summed E-state index contributed by atoms with van der Waals surface area (Å²) in [5.74, 6) is 0.404. The van der Waals surface area contributed by atoms with Crippen LogP contribution in [0.2, 0.25) is 0 Å². The Balaban J connectivity index is 2.02. The molecule has 0 aromatic carbocycles. The maximum absolute atomic E-state index is 10.7.